The van der Waals surface area contributed by atoms with Crippen molar-refractivity contribution in [2.24, 2.45) is 76.9 Å². The minimum atomic E-state index is 0.719. The zero-order chi connectivity index (χ0) is 34.7. The van der Waals surface area contributed by atoms with Gasteiger partial charge >= 0.3 is 0 Å². The van der Waals surface area contributed by atoms with Gasteiger partial charge in [-0.3, -0.25) is 0 Å². The van der Waals surface area contributed by atoms with Crippen LogP contribution in [0.2, 0.25) is 0 Å². The number of rotatable bonds is 33. The summed E-state index contributed by atoms with van der Waals surface area (Å²) >= 11 is 0. The number of nitrogens with zero attached hydrogens (tertiary/aromatic N) is 1. The monoisotopic (exact) mass is 694 g/mol. The van der Waals surface area contributed by atoms with Gasteiger partial charge in [0.25, 0.3) is 0 Å². The molecule has 0 spiro atoms. The molecule has 0 amide bonds. The molecule has 0 aromatic carbocycles. The van der Waals surface area contributed by atoms with Gasteiger partial charge in [-0.05, 0) is 168 Å². The Morgan fingerprint density at radius 3 is 1.22 bits per heavy atom. The van der Waals surface area contributed by atoms with Crippen molar-refractivity contribution in [2.75, 3.05) is 33.9 Å². The Kier molecular flexibility index (Phi) is 16.3. The Balaban J connectivity index is 0.690. The predicted octanol–water partition coefficient (Wildman–Crippen LogP) is 13.6. The average Bonchev–Trinajstić information content (AvgIpc) is 3.87. The molecule has 13 unspecified atom stereocenters. The van der Waals surface area contributed by atoms with Crippen molar-refractivity contribution in [3.05, 3.63) is 0 Å². The second-order valence-electron chi connectivity index (χ2n) is 20.5. The minimum Gasteiger partial charge on any atom is -0.381 e. The van der Waals surface area contributed by atoms with Crippen molar-refractivity contribution in [1.29, 1.82) is 0 Å². The fourth-order valence-electron chi connectivity index (χ4n) is 11.4. The molecule has 290 valence electrons. The summed E-state index contributed by atoms with van der Waals surface area (Å²) in [5, 5.41) is 0. The summed E-state index contributed by atoms with van der Waals surface area (Å²) in [4.78, 5) is 2.38. The molecule has 0 aromatic rings. The lowest BCUT2D eigenvalue weighted by Gasteiger charge is -2.21. The first kappa shape index (κ1) is 39.6. The molecule has 6 saturated carbocycles. The molecule has 6 aliphatic carbocycles. The Hall–Kier alpha value is -0.0800. The van der Waals surface area contributed by atoms with E-state index in [0.717, 1.165) is 90.1 Å². The van der Waals surface area contributed by atoms with Crippen LogP contribution in [-0.2, 0) is 4.74 Å². The summed E-state index contributed by atoms with van der Waals surface area (Å²) < 4.78 is 6.28. The number of ether oxygens (including phenoxy) is 1. The van der Waals surface area contributed by atoms with E-state index in [1.165, 1.54) is 109 Å². The second-order valence-corrected chi connectivity index (χ2v) is 20.5. The highest BCUT2D eigenvalue weighted by Gasteiger charge is 2.49. The van der Waals surface area contributed by atoms with Crippen LogP contribution in [0.15, 0.2) is 0 Å². The molecular weight excluding hydrogens is 607 g/mol. The summed E-state index contributed by atoms with van der Waals surface area (Å²) in [5.41, 5.74) is 0. The van der Waals surface area contributed by atoms with Crippen molar-refractivity contribution in [1.82, 2.24) is 4.90 Å². The lowest BCUT2D eigenvalue weighted by molar-refractivity contribution is 0.0815. The van der Waals surface area contributed by atoms with Crippen LogP contribution >= 0.6 is 0 Å². The van der Waals surface area contributed by atoms with Gasteiger partial charge in [0.2, 0.25) is 0 Å². The van der Waals surface area contributed by atoms with Gasteiger partial charge in [0.05, 0.1) is 6.61 Å². The lowest BCUT2D eigenvalue weighted by Crippen LogP contribution is -2.25. The van der Waals surface area contributed by atoms with E-state index < -0.39 is 0 Å². The van der Waals surface area contributed by atoms with Gasteiger partial charge in [-0.15, -0.1) is 0 Å². The van der Waals surface area contributed by atoms with Crippen LogP contribution in [0.4, 0.5) is 0 Å². The van der Waals surface area contributed by atoms with E-state index in [1.807, 2.05) is 0 Å². The van der Waals surface area contributed by atoms with Gasteiger partial charge in [-0.1, -0.05) is 117 Å². The van der Waals surface area contributed by atoms with Crippen LogP contribution in [-0.4, -0.2) is 38.8 Å². The molecular formula is C48H87NO. The van der Waals surface area contributed by atoms with E-state index in [9.17, 15) is 0 Å². The van der Waals surface area contributed by atoms with E-state index in [1.54, 1.807) is 77.0 Å². The van der Waals surface area contributed by atoms with Gasteiger partial charge in [-0.25, -0.2) is 0 Å². The number of hydrogen-bond acceptors (Lipinski definition) is 2. The molecule has 13 atom stereocenters. The molecule has 0 aromatic heterocycles. The summed E-state index contributed by atoms with van der Waals surface area (Å²) in [6.07, 6.45) is 42.1. The standard InChI is InChI=1S/C48H87NO/c1-5-7-12-19-37-24-41(37)28-45-32-47(45)30-43-26-39(43)21-15-10-9-14-18-36(34-49(3)4)35-50-23-17-11-16-22-40-27-44(40)31-48-33-46(48)29-42-25-38(42)20-13-8-6-2/h36-48H,5-35H2,1-4H3. The molecule has 50 heavy (non-hydrogen) atoms. The summed E-state index contributed by atoms with van der Waals surface area (Å²) in [6.45, 7) is 7.85. The topological polar surface area (TPSA) is 12.5 Å². The second kappa shape index (κ2) is 20.6. The van der Waals surface area contributed by atoms with Gasteiger partial charge in [-0.2, -0.15) is 0 Å². The average molecular weight is 694 g/mol. The molecule has 0 heterocycles. The first-order chi connectivity index (χ1) is 24.5. The summed E-state index contributed by atoms with van der Waals surface area (Å²) in [6, 6.07) is 0. The molecule has 2 nitrogen and oxygen atoms in total. The first-order valence-electron chi connectivity index (χ1n) is 23.7. The van der Waals surface area contributed by atoms with Crippen LogP contribution in [0, 0.1) is 76.9 Å². The smallest absolute Gasteiger partial charge is 0.0506 e. The van der Waals surface area contributed by atoms with Gasteiger partial charge < -0.3 is 9.64 Å². The summed E-state index contributed by atoms with van der Waals surface area (Å²) in [7, 11) is 4.49. The van der Waals surface area contributed by atoms with E-state index >= 15 is 0 Å². The first-order valence-corrected chi connectivity index (χ1v) is 23.7. The molecule has 0 saturated heterocycles. The van der Waals surface area contributed by atoms with Crippen molar-refractivity contribution in [2.45, 2.75) is 194 Å². The Morgan fingerprint density at radius 1 is 0.440 bits per heavy atom. The predicted molar refractivity (Wildman–Crippen MR) is 215 cm³/mol. The fraction of sp³-hybridized carbons (Fsp3) is 1.00. The Labute approximate surface area is 313 Å². The van der Waals surface area contributed by atoms with Crippen molar-refractivity contribution in [3.8, 4) is 0 Å². The maximum atomic E-state index is 6.28. The highest BCUT2D eigenvalue weighted by atomic mass is 16.5. The normalized spacial score (nSPS) is 36.9. The SMILES string of the molecule is CCCCCC1CC1CC1CC1CC1CC1CCCCCCC(COCCCCCC1CC1CC1CC1CC1CC1CCCCC)CN(C)C. The van der Waals surface area contributed by atoms with E-state index in [2.05, 4.69) is 32.8 Å². The number of unbranched alkanes of at least 4 members (excludes halogenated alkanes) is 9. The molecule has 0 aliphatic heterocycles. The van der Waals surface area contributed by atoms with Crippen molar-refractivity contribution < 1.29 is 4.74 Å². The highest BCUT2D eigenvalue weighted by molar-refractivity contribution is 5.00. The maximum absolute atomic E-state index is 6.28. The van der Waals surface area contributed by atoms with E-state index in [0.29, 0.717) is 0 Å². The molecule has 0 radical (unpaired) electrons. The quantitative estimate of drug-likeness (QED) is 0.0634. The molecule has 6 aliphatic rings. The molecule has 6 fully saturated rings. The zero-order valence-electron chi connectivity index (χ0n) is 34.3. The van der Waals surface area contributed by atoms with Gasteiger partial charge in [0, 0.05) is 13.2 Å². The van der Waals surface area contributed by atoms with E-state index in [-0.39, 0.29) is 0 Å². The fourth-order valence-corrected chi connectivity index (χ4v) is 11.4. The summed E-state index contributed by atoms with van der Waals surface area (Å²) in [5.74, 6) is 14.3. The zero-order valence-corrected chi connectivity index (χ0v) is 34.3. The van der Waals surface area contributed by atoms with Crippen molar-refractivity contribution in [3.63, 3.8) is 0 Å². The van der Waals surface area contributed by atoms with Crippen LogP contribution in [0.1, 0.15) is 194 Å². The van der Waals surface area contributed by atoms with Crippen LogP contribution < -0.4 is 0 Å². The van der Waals surface area contributed by atoms with Crippen LogP contribution in [0.3, 0.4) is 0 Å². The third-order valence-electron chi connectivity index (χ3n) is 15.5. The third kappa shape index (κ3) is 14.6. The molecule has 0 N–H and O–H groups in total. The molecule has 6 rings (SSSR count). The number of hydrogen-bond donors (Lipinski definition) is 0. The third-order valence-corrected chi connectivity index (χ3v) is 15.5. The van der Waals surface area contributed by atoms with Crippen molar-refractivity contribution >= 4 is 0 Å². The lowest BCUT2D eigenvalue weighted by atomic mass is 9.99. The molecule has 0 bridgehead atoms. The van der Waals surface area contributed by atoms with Gasteiger partial charge in [0.15, 0.2) is 0 Å². The Morgan fingerprint density at radius 2 is 0.800 bits per heavy atom. The highest BCUT2D eigenvalue weighted by Crippen LogP contribution is 2.59. The Bertz CT molecular complexity index is 931. The van der Waals surface area contributed by atoms with Crippen LogP contribution in [0.25, 0.3) is 0 Å². The van der Waals surface area contributed by atoms with Gasteiger partial charge in [0.1, 0.15) is 0 Å². The van der Waals surface area contributed by atoms with E-state index in [4.69, 9.17) is 4.74 Å². The minimum absolute atomic E-state index is 0.719. The molecule has 2 heteroatoms. The van der Waals surface area contributed by atoms with Crippen LogP contribution in [0.5, 0.6) is 0 Å². The maximum Gasteiger partial charge on any atom is 0.0506 e. The largest absolute Gasteiger partial charge is 0.381 e.